The summed E-state index contributed by atoms with van der Waals surface area (Å²) in [6, 6.07) is 4.23. The molecule has 2 heterocycles. The maximum atomic E-state index is 5.97. The number of aryl methyl sites for hydroxylation is 1. The lowest BCUT2D eigenvalue weighted by Gasteiger charge is -2.56. The van der Waals surface area contributed by atoms with E-state index in [2.05, 4.69) is 24.9 Å². The van der Waals surface area contributed by atoms with E-state index in [0.717, 1.165) is 12.8 Å². The van der Waals surface area contributed by atoms with Gasteiger partial charge in [-0.15, -0.1) is 0 Å². The molecule has 2 nitrogen and oxygen atoms in total. The first kappa shape index (κ1) is 9.55. The monoisotopic (exact) mass is 217 g/mol. The second-order valence-corrected chi connectivity index (χ2v) is 6.68. The fourth-order valence-electron chi connectivity index (χ4n) is 2.74. The highest BCUT2D eigenvalue weighted by molar-refractivity contribution is 6.36. The number of hydrogen-bond acceptors (Lipinski definition) is 2. The van der Waals surface area contributed by atoms with E-state index >= 15 is 0 Å². The molecule has 1 unspecified atom stereocenters. The minimum absolute atomic E-state index is 0.0692. The van der Waals surface area contributed by atoms with E-state index in [1.165, 1.54) is 17.7 Å². The van der Waals surface area contributed by atoms with Gasteiger partial charge in [0.05, 0.1) is 5.69 Å². The van der Waals surface area contributed by atoms with Crippen LogP contribution in [-0.4, -0.2) is 14.7 Å². The molecule has 1 fully saturated rings. The number of aromatic nitrogens is 1. The highest BCUT2D eigenvalue weighted by Gasteiger charge is 2.59. The summed E-state index contributed by atoms with van der Waals surface area (Å²) in [7, 11) is 0.622. The number of nitrogens with zero attached hydrogens (tertiary/aromatic N) is 1. The van der Waals surface area contributed by atoms with Crippen LogP contribution in [0.1, 0.15) is 37.9 Å². The molecule has 3 rings (SSSR count). The van der Waals surface area contributed by atoms with E-state index in [0.29, 0.717) is 9.76 Å². The third-order valence-electron chi connectivity index (χ3n) is 3.74. The van der Waals surface area contributed by atoms with Gasteiger partial charge in [0.2, 0.25) is 9.76 Å². The zero-order valence-corrected chi connectivity index (χ0v) is 10.2. The van der Waals surface area contributed by atoms with Gasteiger partial charge in [0.15, 0.2) is 0 Å². The lowest BCUT2D eigenvalue weighted by Crippen LogP contribution is -2.57. The van der Waals surface area contributed by atoms with Gasteiger partial charge in [-0.1, -0.05) is 19.9 Å². The SMILES string of the molecule is CC1(C)[Si]OC12CCCc1cccnc12. The van der Waals surface area contributed by atoms with Crippen molar-refractivity contribution in [3.63, 3.8) is 0 Å². The predicted molar refractivity (Wildman–Crippen MR) is 59.7 cm³/mol. The Balaban J connectivity index is 2.14. The number of fused-ring (bicyclic) bond motifs is 2. The van der Waals surface area contributed by atoms with Gasteiger partial charge in [-0.05, 0) is 30.9 Å². The number of hydrogen-bond donors (Lipinski definition) is 0. The summed E-state index contributed by atoms with van der Waals surface area (Å²) in [6.07, 6.45) is 5.42. The molecule has 0 N–H and O–H groups in total. The van der Waals surface area contributed by atoms with Crippen molar-refractivity contribution in [2.75, 3.05) is 0 Å². The molecule has 1 atom stereocenters. The molecular weight excluding hydrogens is 202 g/mol. The highest BCUT2D eigenvalue weighted by Crippen LogP contribution is 2.59. The van der Waals surface area contributed by atoms with Crippen molar-refractivity contribution in [1.82, 2.24) is 4.98 Å². The van der Waals surface area contributed by atoms with E-state index < -0.39 is 0 Å². The average molecular weight is 217 g/mol. The molecule has 0 bridgehead atoms. The zero-order chi connectivity index (χ0) is 10.5. The van der Waals surface area contributed by atoms with Crippen LogP contribution in [0.4, 0.5) is 0 Å². The quantitative estimate of drug-likeness (QED) is 0.623. The summed E-state index contributed by atoms with van der Waals surface area (Å²) >= 11 is 0. The van der Waals surface area contributed by atoms with Crippen molar-refractivity contribution in [2.45, 2.75) is 43.7 Å². The molecule has 1 aromatic heterocycles. The maximum absolute atomic E-state index is 5.97. The lowest BCUT2D eigenvalue weighted by atomic mass is 9.75. The van der Waals surface area contributed by atoms with Crippen LogP contribution in [0.25, 0.3) is 0 Å². The van der Waals surface area contributed by atoms with E-state index in [1.807, 2.05) is 12.3 Å². The molecule has 2 aliphatic rings. The van der Waals surface area contributed by atoms with Crippen molar-refractivity contribution >= 4 is 9.76 Å². The predicted octanol–water partition coefficient (Wildman–Crippen LogP) is 2.46. The largest absolute Gasteiger partial charge is 0.405 e. The van der Waals surface area contributed by atoms with Gasteiger partial charge in [0.25, 0.3) is 0 Å². The first-order chi connectivity index (χ1) is 7.16. The first-order valence-electron chi connectivity index (χ1n) is 5.55. The molecular formula is C12H15NOSi. The van der Waals surface area contributed by atoms with Gasteiger partial charge < -0.3 is 4.43 Å². The third kappa shape index (κ3) is 1.11. The summed E-state index contributed by atoms with van der Waals surface area (Å²) in [4.78, 5) is 4.57. The molecule has 0 amide bonds. The van der Waals surface area contributed by atoms with Crippen LogP contribution in [0.3, 0.4) is 0 Å². The summed E-state index contributed by atoms with van der Waals surface area (Å²) in [5.74, 6) is 0. The Kier molecular flexibility index (Phi) is 1.86. The summed E-state index contributed by atoms with van der Waals surface area (Å²) in [5, 5.41) is 0.274. The Morgan fingerprint density at radius 2 is 2.33 bits per heavy atom. The summed E-state index contributed by atoms with van der Waals surface area (Å²) < 4.78 is 5.97. The minimum atomic E-state index is -0.0692. The van der Waals surface area contributed by atoms with E-state index in [4.69, 9.17) is 4.43 Å². The van der Waals surface area contributed by atoms with Gasteiger partial charge >= 0.3 is 0 Å². The van der Waals surface area contributed by atoms with Crippen LogP contribution in [0.15, 0.2) is 18.3 Å². The third-order valence-corrected chi connectivity index (χ3v) is 5.10. The molecule has 2 radical (unpaired) electrons. The van der Waals surface area contributed by atoms with Crippen LogP contribution in [0, 0.1) is 0 Å². The highest BCUT2D eigenvalue weighted by atomic mass is 28.2. The first-order valence-corrected chi connectivity index (χ1v) is 6.46. The standard InChI is InChI=1S/C12H15NOSi/c1-11(2)12(14-15-11)7-3-5-9-6-4-8-13-10(9)12/h4,6,8H,3,5,7H2,1-2H3. The Hall–Kier alpha value is -0.673. The molecule has 1 aliphatic heterocycles. The van der Waals surface area contributed by atoms with Crippen molar-refractivity contribution in [3.05, 3.63) is 29.6 Å². The topological polar surface area (TPSA) is 22.1 Å². The molecule has 1 saturated heterocycles. The van der Waals surface area contributed by atoms with E-state index in [-0.39, 0.29) is 10.6 Å². The fraction of sp³-hybridized carbons (Fsp3) is 0.583. The fourth-order valence-corrected chi connectivity index (χ4v) is 3.94. The van der Waals surface area contributed by atoms with Crippen LogP contribution in [-0.2, 0) is 16.4 Å². The van der Waals surface area contributed by atoms with E-state index in [1.54, 1.807) is 0 Å². The smallest absolute Gasteiger partial charge is 0.240 e. The molecule has 1 aromatic rings. The molecule has 0 saturated carbocycles. The average Bonchev–Trinajstić information content (AvgIpc) is 2.27. The number of pyridine rings is 1. The Morgan fingerprint density at radius 3 is 3.00 bits per heavy atom. The Morgan fingerprint density at radius 1 is 1.47 bits per heavy atom. The van der Waals surface area contributed by atoms with Crippen molar-refractivity contribution in [3.8, 4) is 0 Å². The normalized spacial score (nSPS) is 32.1. The summed E-state index contributed by atoms with van der Waals surface area (Å²) in [6.45, 7) is 4.61. The van der Waals surface area contributed by atoms with Gasteiger partial charge in [-0.3, -0.25) is 4.98 Å². The summed E-state index contributed by atoms with van der Waals surface area (Å²) in [5.41, 5.74) is 2.53. The Bertz CT molecular complexity index is 404. The number of rotatable bonds is 0. The molecule has 1 aliphatic carbocycles. The van der Waals surface area contributed by atoms with Gasteiger partial charge in [-0.25, -0.2) is 0 Å². The molecule has 0 aromatic carbocycles. The van der Waals surface area contributed by atoms with Crippen LogP contribution >= 0.6 is 0 Å². The van der Waals surface area contributed by atoms with Crippen LogP contribution in [0.5, 0.6) is 0 Å². The molecule has 3 heteroatoms. The minimum Gasteiger partial charge on any atom is -0.405 e. The molecule has 78 valence electrons. The molecule has 15 heavy (non-hydrogen) atoms. The van der Waals surface area contributed by atoms with Crippen LogP contribution < -0.4 is 0 Å². The lowest BCUT2D eigenvalue weighted by molar-refractivity contribution is -0.0590. The Labute approximate surface area is 93.0 Å². The molecule has 1 spiro atoms. The van der Waals surface area contributed by atoms with Gasteiger partial charge in [0, 0.05) is 11.2 Å². The second kappa shape index (κ2) is 2.92. The van der Waals surface area contributed by atoms with Crippen molar-refractivity contribution in [1.29, 1.82) is 0 Å². The maximum Gasteiger partial charge on any atom is 0.240 e. The van der Waals surface area contributed by atoms with Crippen LogP contribution in [0.2, 0.25) is 5.04 Å². The van der Waals surface area contributed by atoms with E-state index in [9.17, 15) is 0 Å². The second-order valence-electron chi connectivity index (χ2n) is 5.02. The zero-order valence-electron chi connectivity index (χ0n) is 9.21. The van der Waals surface area contributed by atoms with Crippen molar-refractivity contribution < 1.29 is 4.43 Å². The van der Waals surface area contributed by atoms with Crippen molar-refractivity contribution in [2.24, 2.45) is 0 Å². The van der Waals surface area contributed by atoms with Gasteiger partial charge in [0.1, 0.15) is 5.60 Å². The van der Waals surface area contributed by atoms with Gasteiger partial charge in [-0.2, -0.15) is 0 Å².